The van der Waals surface area contributed by atoms with Crippen LogP contribution >= 0.6 is 11.8 Å². The Hall–Kier alpha value is -3.32. The summed E-state index contributed by atoms with van der Waals surface area (Å²) in [5.74, 6) is 0.418. The average molecular weight is 407 g/mol. The number of benzene rings is 2. The first-order valence-corrected chi connectivity index (χ1v) is 9.86. The van der Waals surface area contributed by atoms with Gasteiger partial charge in [-0.1, -0.05) is 0 Å². The van der Waals surface area contributed by atoms with Crippen molar-refractivity contribution in [3.63, 3.8) is 0 Å². The number of nitrogens with zero attached hydrogens (tertiary/aromatic N) is 1. The van der Waals surface area contributed by atoms with E-state index in [1.807, 2.05) is 31.2 Å². The van der Waals surface area contributed by atoms with E-state index in [9.17, 15) is 9.59 Å². The molecule has 2 aromatic carbocycles. The lowest BCUT2D eigenvalue weighted by molar-refractivity contribution is -0.115. The van der Waals surface area contributed by atoms with E-state index in [-0.39, 0.29) is 17.1 Å². The van der Waals surface area contributed by atoms with Gasteiger partial charge in [-0.15, -0.1) is 11.8 Å². The van der Waals surface area contributed by atoms with E-state index < -0.39 is 0 Å². The maximum atomic E-state index is 12.3. The summed E-state index contributed by atoms with van der Waals surface area (Å²) in [6, 6.07) is 17.8. The molecule has 0 bridgehead atoms. The summed E-state index contributed by atoms with van der Waals surface area (Å²) in [5, 5.41) is 5.44. The highest BCUT2D eigenvalue weighted by atomic mass is 32.2. The lowest BCUT2D eigenvalue weighted by Crippen LogP contribution is -2.22. The summed E-state index contributed by atoms with van der Waals surface area (Å²) >= 11 is 1.44. The van der Waals surface area contributed by atoms with E-state index in [0.717, 1.165) is 4.90 Å². The average Bonchev–Trinajstić information content (AvgIpc) is 2.75. The molecule has 1 atom stereocenters. The molecule has 1 heterocycles. The van der Waals surface area contributed by atoms with Crippen molar-refractivity contribution in [1.82, 2.24) is 4.98 Å². The van der Waals surface area contributed by atoms with Crippen molar-refractivity contribution in [2.24, 2.45) is 0 Å². The minimum absolute atomic E-state index is 0.0851. The molecule has 0 aliphatic rings. The number of aromatic nitrogens is 1. The Bertz CT molecular complexity index is 961. The van der Waals surface area contributed by atoms with Crippen LogP contribution in [0, 0.1) is 0 Å². The minimum atomic E-state index is -0.275. The minimum Gasteiger partial charge on any atom is -0.497 e. The van der Waals surface area contributed by atoms with Crippen LogP contribution < -0.4 is 15.4 Å². The molecule has 3 aromatic rings. The summed E-state index contributed by atoms with van der Waals surface area (Å²) in [4.78, 5) is 29.5. The summed E-state index contributed by atoms with van der Waals surface area (Å²) < 4.78 is 5.10. The van der Waals surface area contributed by atoms with Gasteiger partial charge in [-0.3, -0.25) is 14.6 Å². The Morgan fingerprint density at radius 1 is 0.897 bits per heavy atom. The molecule has 0 radical (unpaired) electrons. The standard InChI is InChI=1S/C22H21N3O3S/c1-15(21(26)24-18-11-13-23-14-12-18)29-20-9-5-17(6-10-20)25-22(27)16-3-7-19(28-2)8-4-16/h3-15H,1-2H3,(H,25,27)(H,23,24,26). The number of amides is 2. The molecule has 1 aromatic heterocycles. The van der Waals surface area contributed by atoms with Crippen LogP contribution in [0.1, 0.15) is 17.3 Å². The topological polar surface area (TPSA) is 80.3 Å². The zero-order valence-electron chi connectivity index (χ0n) is 16.1. The normalized spacial score (nSPS) is 11.4. The summed E-state index contributed by atoms with van der Waals surface area (Å²) in [7, 11) is 1.58. The van der Waals surface area contributed by atoms with Crippen LogP contribution in [0.25, 0.3) is 0 Å². The number of carbonyl (C=O) groups is 2. The number of hydrogen-bond donors (Lipinski definition) is 2. The summed E-state index contributed by atoms with van der Waals surface area (Å²) in [6.45, 7) is 1.85. The fraction of sp³-hybridized carbons (Fsp3) is 0.136. The predicted octanol–water partition coefficient (Wildman–Crippen LogP) is 4.46. The van der Waals surface area contributed by atoms with Crippen molar-refractivity contribution in [1.29, 1.82) is 0 Å². The molecular formula is C22H21N3O3S. The van der Waals surface area contributed by atoms with Gasteiger partial charge in [0, 0.05) is 34.2 Å². The fourth-order valence-electron chi connectivity index (χ4n) is 2.50. The van der Waals surface area contributed by atoms with E-state index in [1.54, 1.807) is 55.9 Å². The second kappa shape index (κ2) is 9.75. The number of anilines is 2. The van der Waals surface area contributed by atoms with Crippen molar-refractivity contribution in [2.75, 3.05) is 17.7 Å². The molecule has 7 heteroatoms. The first-order valence-electron chi connectivity index (χ1n) is 8.98. The van der Waals surface area contributed by atoms with E-state index in [2.05, 4.69) is 15.6 Å². The highest BCUT2D eigenvalue weighted by Gasteiger charge is 2.15. The third kappa shape index (κ3) is 5.83. The molecule has 0 saturated heterocycles. The van der Waals surface area contributed by atoms with Gasteiger partial charge in [-0.05, 0) is 67.6 Å². The molecule has 0 fully saturated rings. The van der Waals surface area contributed by atoms with Gasteiger partial charge >= 0.3 is 0 Å². The van der Waals surface area contributed by atoms with Crippen LogP contribution in [0.4, 0.5) is 11.4 Å². The van der Waals surface area contributed by atoms with Gasteiger partial charge in [-0.2, -0.15) is 0 Å². The van der Waals surface area contributed by atoms with E-state index >= 15 is 0 Å². The number of nitrogens with one attached hydrogen (secondary N) is 2. The molecule has 1 unspecified atom stereocenters. The molecule has 3 rings (SSSR count). The largest absolute Gasteiger partial charge is 0.497 e. The molecule has 6 nitrogen and oxygen atoms in total. The number of rotatable bonds is 7. The quantitative estimate of drug-likeness (QED) is 0.565. The van der Waals surface area contributed by atoms with E-state index in [4.69, 9.17) is 4.74 Å². The zero-order valence-corrected chi connectivity index (χ0v) is 16.9. The number of ether oxygens (including phenoxy) is 1. The molecule has 2 amide bonds. The van der Waals surface area contributed by atoms with Gasteiger partial charge in [-0.25, -0.2) is 0 Å². The van der Waals surface area contributed by atoms with Crippen LogP contribution in [0.5, 0.6) is 5.75 Å². The number of thioether (sulfide) groups is 1. The first-order chi connectivity index (χ1) is 14.0. The van der Waals surface area contributed by atoms with Gasteiger partial charge < -0.3 is 15.4 Å². The lowest BCUT2D eigenvalue weighted by Gasteiger charge is -2.12. The maximum absolute atomic E-state index is 12.3. The molecule has 0 spiro atoms. The lowest BCUT2D eigenvalue weighted by atomic mass is 10.2. The Labute approximate surface area is 173 Å². The van der Waals surface area contributed by atoms with Crippen LogP contribution in [-0.2, 0) is 4.79 Å². The third-order valence-corrected chi connectivity index (χ3v) is 5.21. The van der Waals surface area contributed by atoms with Gasteiger partial charge in [0.1, 0.15) is 5.75 Å². The Balaban J connectivity index is 1.55. The van der Waals surface area contributed by atoms with Crippen molar-refractivity contribution in [2.45, 2.75) is 17.1 Å². The Morgan fingerprint density at radius 2 is 1.52 bits per heavy atom. The molecule has 148 valence electrons. The third-order valence-electron chi connectivity index (χ3n) is 4.09. The molecule has 0 aliphatic carbocycles. The second-order valence-corrected chi connectivity index (χ2v) is 7.61. The number of hydrogen-bond acceptors (Lipinski definition) is 5. The van der Waals surface area contributed by atoms with Gasteiger partial charge in [0.25, 0.3) is 5.91 Å². The molecule has 29 heavy (non-hydrogen) atoms. The monoisotopic (exact) mass is 407 g/mol. The van der Waals surface area contributed by atoms with E-state index in [0.29, 0.717) is 22.7 Å². The van der Waals surface area contributed by atoms with Crippen molar-refractivity contribution in [3.8, 4) is 5.75 Å². The van der Waals surface area contributed by atoms with Crippen molar-refractivity contribution in [3.05, 3.63) is 78.6 Å². The first kappa shape index (κ1) is 20.4. The molecular weight excluding hydrogens is 386 g/mol. The van der Waals surface area contributed by atoms with Crippen LogP contribution in [-0.4, -0.2) is 29.2 Å². The van der Waals surface area contributed by atoms with Crippen molar-refractivity contribution < 1.29 is 14.3 Å². The molecule has 0 saturated carbocycles. The van der Waals surface area contributed by atoms with Gasteiger partial charge in [0.05, 0.1) is 12.4 Å². The van der Waals surface area contributed by atoms with E-state index in [1.165, 1.54) is 11.8 Å². The summed E-state index contributed by atoms with van der Waals surface area (Å²) in [6.07, 6.45) is 3.26. The maximum Gasteiger partial charge on any atom is 0.255 e. The SMILES string of the molecule is COc1ccc(C(=O)Nc2ccc(SC(C)C(=O)Nc3ccncc3)cc2)cc1. The van der Waals surface area contributed by atoms with Crippen LogP contribution in [0.3, 0.4) is 0 Å². The smallest absolute Gasteiger partial charge is 0.255 e. The fourth-order valence-corrected chi connectivity index (χ4v) is 3.37. The Kier molecular flexibility index (Phi) is 6.86. The molecule has 2 N–H and O–H groups in total. The van der Waals surface area contributed by atoms with Crippen LogP contribution in [0.2, 0.25) is 0 Å². The van der Waals surface area contributed by atoms with Crippen molar-refractivity contribution >= 4 is 35.0 Å². The van der Waals surface area contributed by atoms with Gasteiger partial charge in [0.2, 0.25) is 5.91 Å². The van der Waals surface area contributed by atoms with Crippen LogP contribution in [0.15, 0.2) is 78.0 Å². The number of methoxy groups -OCH3 is 1. The van der Waals surface area contributed by atoms with Gasteiger partial charge in [0.15, 0.2) is 0 Å². The summed E-state index contributed by atoms with van der Waals surface area (Å²) in [5.41, 5.74) is 1.95. The zero-order chi connectivity index (χ0) is 20.6. The highest BCUT2D eigenvalue weighted by molar-refractivity contribution is 8.00. The predicted molar refractivity (Wildman–Crippen MR) is 116 cm³/mol. The Morgan fingerprint density at radius 3 is 2.14 bits per heavy atom. The second-order valence-electron chi connectivity index (χ2n) is 6.19. The highest BCUT2D eigenvalue weighted by Crippen LogP contribution is 2.26. The molecule has 0 aliphatic heterocycles. The number of pyridine rings is 1. The number of carbonyl (C=O) groups excluding carboxylic acids is 2.